The lowest BCUT2D eigenvalue weighted by atomic mass is 10.1. The molecule has 1 heterocycles. The number of aromatic nitrogens is 1. The number of hydrogen-bond donors (Lipinski definition) is 1. The van der Waals surface area contributed by atoms with Crippen molar-refractivity contribution in [3.8, 4) is 0 Å². The van der Waals surface area contributed by atoms with Crippen LogP contribution in [0.3, 0.4) is 0 Å². The summed E-state index contributed by atoms with van der Waals surface area (Å²) in [4.78, 5) is 4.04. The van der Waals surface area contributed by atoms with E-state index in [1.54, 1.807) is 19.9 Å². The molecule has 2 rings (SSSR count). The lowest BCUT2D eigenvalue weighted by Gasteiger charge is -2.14. The standard InChI is InChI=1S/C16H18F2N2/c1-10-6-13(7-11(2)16(10)18)8-19-12(3)15-5-4-14(17)9-20-15/h4-7,9,12,19H,8H2,1-3H3. The molecule has 106 valence electrons. The first-order chi connectivity index (χ1) is 9.47. The van der Waals surface area contributed by atoms with E-state index in [0.717, 1.165) is 11.3 Å². The minimum Gasteiger partial charge on any atom is -0.305 e. The molecule has 0 fully saturated rings. The average Bonchev–Trinajstić information content (AvgIpc) is 2.42. The van der Waals surface area contributed by atoms with Crippen LogP contribution < -0.4 is 5.32 Å². The second-order valence-corrected chi connectivity index (χ2v) is 5.05. The Hall–Kier alpha value is -1.81. The number of benzene rings is 1. The van der Waals surface area contributed by atoms with Crippen LogP contribution in [0.2, 0.25) is 0 Å². The maximum absolute atomic E-state index is 13.5. The second kappa shape index (κ2) is 6.09. The van der Waals surface area contributed by atoms with E-state index in [9.17, 15) is 8.78 Å². The van der Waals surface area contributed by atoms with Gasteiger partial charge in [0.15, 0.2) is 0 Å². The Morgan fingerprint density at radius 2 is 1.80 bits per heavy atom. The third-order valence-electron chi connectivity index (χ3n) is 3.30. The Balaban J connectivity index is 2.03. The van der Waals surface area contributed by atoms with Crippen LogP contribution in [0.4, 0.5) is 8.78 Å². The lowest BCUT2D eigenvalue weighted by molar-refractivity contribution is 0.552. The van der Waals surface area contributed by atoms with E-state index in [0.29, 0.717) is 17.7 Å². The van der Waals surface area contributed by atoms with Gasteiger partial charge in [-0.05, 0) is 49.6 Å². The highest BCUT2D eigenvalue weighted by molar-refractivity contribution is 5.30. The Morgan fingerprint density at radius 3 is 2.35 bits per heavy atom. The predicted octanol–water partition coefficient (Wildman–Crippen LogP) is 3.83. The zero-order valence-electron chi connectivity index (χ0n) is 11.9. The summed E-state index contributed by atoms with van der Waals surface area (Å²) in [5.74, 6) is -0.493. The van der Waals surface area contributed by atoms with E-state index in [4.69, 9.17) is 0 Å². The summed E-state index contributed by atoms with van der Waals surface area (Å²) < 4.78 is 26.4. The predicted molar refractivity (Wildman–Crippen MR) is 75.3 cm³/mol. The molecule has 20 heavy (non-hydrogen) atoms. The van der Waals surface area contributed by atoms with Gasteiger partial charge in [0.2, 0.25) is 0 Å². The van der Waals surface area contributed by atoms with Crippen LogP contribution in [0.25, 0.3) is 0 Å². The molecule has 0 spiro atoms. The number of nitrogens with zero attached hydrogens (tertiary/aromatic N) is 1. The van der Waals surface area contributed by atoms with Crippen LogP contribution in [-0.2, 0) is 6.54 Å². The molecule has 0 saturated carbocycles. The molecule has 1 aromatic carbocycles. The fraction of sp³-hybridized carbons (Fsp3) is 0.312. The quantitative estimate of drug-likeness (QED) is 0.918. The van der Waals surface area contributed by atoms with E-state index in [-0.39, 0.29) is 17.7 Å². The van der Waals surface area contributed by atoms with E-state index < -0.39 is 0 Å². The van der Waals surface area contributed by atoms with Crippen LogP contribution in [0.5, 0.6) is 0 Å². The molecule has 2 nitrogen and oxygen atoms in total. The molecule has 0 saturated heterocycles. The topological polar surface area (TPSA) is 24.9 Å². The largest absolute Gasteiger partial charge is 0.305 e. The minimum atomic E-state index is -0.342. The summed E-state index contributed by atoms with van der Waals surface area (Å²) in [6, 6.07) is 6.72. The van der Waals surface area contributed by atoms with Gasteiger partial charge in [0.25, 0.3) is 0 Å². The monoisotopic (exact) mass is 276 g/mol. The van der Waals surface area contributed by atoms with Gasteiger partial charge in [0.1, 0.15) is 11.6 Å². The van der Waals surface area contributed by atoms with Crippen molar-refractivity contribution in [3.05, 3.63) is 64.5 Å². The van der Waals surface area contributed by atoms with Crippen molar-refractivity contribution in [1.82, 2.24) is 10.3 Å². The summed E-state index contributed by atoms with van der Waals surface area (Å²) in [5, 5.41) is 3.30. The average molecular weight is 276 g/mol. The molecule has 0 radical (unpaired) electrons. The normalized spacial score (nSPS) is 12.4. The zero-order chi connectivity index (χ0) is 14.7. The number of pyridine rings is 1. The number of rotatable bonds is 4. The first kappa shape index (κ1) is 14.6. The molecule has 2 aromatic rings. The molecule has 1 aromatic heterocycles. The van der Waals surface area contributed by atoms with Crippen molar-refractivity contribution < 1.29 is 8.78 Å². The Morgan fingerprint density at radius 1 is 1.15 bits per heavy atom. The highest BCUT2D eigenvalue weighted by Gasteiger charge is 2.08. The molecule has 1 atom stereocenters. The molecule has 0 amide bonds. The van der Waals surface area contributed by atoms with Crippen LogP contribution in [-0.4, -0.2) is 4.98 Å². The first-order valence-electron chi connectivity index (χ1n) is 6.58. The van der Waals surface area contributed by atoms with Crippen molar-refractivity contribution in [3.63, 3.8) is 0 Å². The maximum Gasteiger partial charge on any atom is 0.141 e. The fourth-order valence-electron chi connectivity index (χ4n) is 2.16. The smallest absolute Gasteiger partial charge is 0.141 e. The Bertz CT molecular complexity index is 571. The molecule has 1 N–H and O–H groups in total. The molecular formula is C16H18F2N2. The van der Waals surface area contributed by atoms with Crippen molar-refractivity contribution in [2.45, 2.75) is 33.4 Å². The highest BCUT2D eigenvalue weighted by atomic mass is 19.1. The van der Waals surface area contributed by atoms with Crippen molar-refractivity contribution in [2.24, 2.45) is 0 Å². The summed E-state index contributed by atoms with van der Waals surface area (Å²) >= 11 is 0. The molecule has 0 aliphatic heterocycles. The molecule has 0 aliphatic carbocycles. The first-order valence-corrected chi connectivity index (χ1v) is 6.58. The van der Waals surface area contributed by atoms with E-state index >= 15 is 0 Å². The minimum absolute atomic E-state index is 0.00117. The third kappa shape index (κ3) is 3.39. The summed E-state index contributed by atoms with van der Waals surface area (Å²) in [6.45, 7) is 6.10. The number of hydrogen-bond acceptors (Lipinski definition) is 2. The van der Waals surface area contributed by atoms with Gasteiger partial charge in [0, 0.05) is 12.6 Å². The maximum atomic E-state index is 13.5. The van der Waals surface area contributed by atoms with E-state index in [1.807, 2.05) is 19.1 Å². The van der Waals surface area contributed by atoms with Crippen LogP contribution in [0, 0.1) is 25.5 Å². The van der Waals surface area contributed by atoms with Gasteiger partial charge in [0.05, 0.1) is 11.9 Å². The molecule has 4 heteroatoms. The lowest BCUT2D eigenvalue weighted by Crippen LogP contribution is -2.19. The van der Waals surface area contributed by atoms with Gasteiger partial charge in [-0.1, -0.05) is 12.1 Å². The number of halogens is 2. The van der Waals surface area contributed by atoms with Crippen molar-refractivity contribution in [2.75, 3.05) is 0 Å². The van der Waals surface area contributed by atoms with Gasteiger partial charge in [-0.25, -0.2) is 8.78 Å². The van der Waals surface area contributed by atoms with Gasteiger partial charge in [-0.3, -0.25) is 4.98 Å². The SMILES string of the molecule is Cc1cc(CNC(C)c2ccc(F)cn2)cc(C)c1F. The molecular weight excluding hydrogens is 258 g/mol. The summed E-state index contributed by atoms with van der Waals surface area (Å²) in [7, 11) is 0. The third-order valence-corrected chi connectivity index (χ3v) is 3.30. The van der Waals surface area contributed by atoms with Crippen LogP contribution in [0.15, 0.2) is 30.5 Å². The van der Waals surface area contributed by atoms with Crippen molar-refractivity contribution >= 4 is 0 Å². The summed E-state index contributed by atoms with van der Waals surface area (Å²) in [6.07, 6.45) is 1.21. The van der Waals surface area contributed by atoms with Crippen LogP contribution >= 0.6 is 0 Å². The Labute approximate surface area is 117 Å². The zero-order valence-corrected chi connectivity index (χ0v) is 11.9. The van der Waals surface area contributed by atoms with Gasteiger partial charge < -0.3 is 5.32 Å². The summed E-state index contributed by atoms with van der Waals surface area (Å²) in [5.41, 5.74) is 3.10. The van der Waals surface area contributed by atoms with E-state index in [1.165, 1.54) is 12.3 Å². The fourth-order valence-corrected chi connectivity index (χ4v) is 2.16. The van der Waals surface area contributed by atoms with Gasteiger partial charge >= 0.3 is 0 Å². The molecule has 1 unspecified atom stereocenters. The van der Waals surface area contributed by atoms with Crippen LogP contribution in [0.1, 0.15) is 35.3 Å². The van der Waals surface area contributed by atoms with Gasteiger partial charge in [-0.15, -0.1) is 0 Å². The number of aryl methyl sites for hydroxylation is 2. The van der Waals surface area contributed by atoms with Crippen molar-refractivity contribution in [1.29, 1.82) is 0 Å². The second-order valence-electron chi connectivity index (χ2n) is 5.05. The van der Waals surface area contributed by atoms with Gasteiger partial charge in [-0.2, -0.15) is 0 Å². The number of nitrogens with one attached hydrogen (secondary N) is 1. The molecule has 0 bridgehead atoms. The highest BCUT2D eigenvalue weighted by Crippen LogP contribution is 2.16. The molecule has 0 aliphatic rings. The van der Waals surface area contributed by atoms with E-state index in [2.05, 4.69) is 10.3 Å². The Kier molecular flexibility index (Phi) is 4.45.